The highest BCUT2D eigenvalue weighted by Crippen LogP contribution is 1.92. The van der Waals surface area contributed by atoms with E-state index in [9.17, 15) is 4.79 Å². The maximum atomic E-state index is 11.5. The van der Waals surface area contributed by atoms with Gasteiger partial charge in [0.05, 0.1) is 0 Å². The van der Waals surface area contributed by atoms with Crippen molar-refractivity contribution in [2.45, 2.75) is 32.9 Å². The molecule has 0 fully saturated rings. The molecule has 0 amide bonds. The van der Waals surface area contributed by atoms with Crippen LogP contribution in [0.1, 0.15) is 19.8 Å². The fraction of sp³-hybridized carbons (Fsp3) is 0.500. The zero-order valence-electron chi connectivity index (χ0n) is 7.86. The number of imidazole rings is 1. The summed E-state index contributed by atoms with van der Waals surface area (Å²) in [5, 5.41) is 0. The van der Waals surface area contributed by atoms with Crippen LogP contribution in [0.2, 0.25) is 0 Å². The summed E-state index contributed by atoms with van der Waals surface area (Å²) in [6, 6.07) is 0. The normalized spacial score (nSPS) is 9.85. The number of unbranched alkanes of at least 4 members (excludes halogenated alkanes) is 1. The first-order valence-electron chi connectivity index (χ1n) is 4.48. The van der Waals surface area contributed by atoms with Gasteiger partial charge in [0.15, 0.2) is 0 Å². The Kier molecular flexibility index (Phi) is 3.39. The van der Waals surface area contributed by atoms with Crippen molar-refractivity contribution >= 4 is 0 Å². The quantitative estimate of drug-likeness (QED) is 0.500. The van der Waals surface area contributed by atoms with Gasteiger partial charge in [-0.2, -0.15) is 0 Å². The van der Waals surface area contributed by atoms with Crippen molar-refractivity contribution in [3.05, 3.63) is 22.9 Å². The van der Waals surface area contributed by atoms with Gasteiger partial charge in [-0.3, -0.25) is 9.13 Å². The number of hydrogen-bond acceptors (Lipinski definition) is 1. The Morgan fingerprint density at radius 2 is 2.15 bits per heavy atom. The number of hydrogen-bond donors (Lipinski definition) is 0. The lowest BCUT2D eigenvalue weighted by Gasteiger charge is -1.97. The molecule has 0 saturated carbocycles. The predicted molar refractivity (Wildman–Crippen MR) is 52.4 cm³/mol. The highest BCUT2D eigenvalue weighted by atomic mass is 16.1. The summed E-state index contributed by atoms with van der Waals surface area (Å²) >= 11 is 0. The van der Waals surface area contributed by atoms with E-state index >= 15 is 0 Å². The zero-order valence-corrected chi connectivity index (χ0v) is 7.86. The maximum Gasteiger partial charge on any atom is 0.328 e. The van der Waals surface area contributed by atoms with Gasteiger partial charge in [-0.25, -0.2) is 4.79 Å². The van der Waals surface area contributed by atoms with E-state index < -0.39 is 0 Å². The molecule has 0 aliphatic rings. The summed E-state index contributed by atoms with van der Waals surface area (Å²) < 4.78 is 3.37. The Morgan fingerprint density at radius 1 is 1.46 bits per heavy atom. The summed E-state index contributed by atoms with van der Waals surface area (Å²) in [6.45, 7) is 3.39. The van der Waals surface area contributed by atoms with Gasteiger partial charge in [0.25, 0.3) is 0 Å². The molecule has 0 spiro atoms. The van der Waals surface area contributed by atoms with E-state index in [1.54, 1.807) is 15.3 Å². The van der Waals surface area contributed by atoms with Crippen molar-refractivity contribution in [2.75, 3.05) is 0 Å². The predicted octanol–water partition coefficient (Wildman–Crippen LogP) is 1.08. The summed E-state index contributed by atoms with van der Waals surface area (Å²) in [5.74, 6) is 2.56. The van der Waals surface area contributed by atoms with Crippen molar-refractivity contribution in [3.8, 4) is 12.3 Å². The van der Waals surface area contributed by atoms with Gasteiger partial charge in [-0.15, -0.1) is 12.3 Å². The molecule has 0 N–H and O–H groups in total. The highest BCUT2D eigenvalue weighted by Gasteiger charge is 1.99. The molecular weight excluding hydrogens is 164 g/mol. The molecule has 0 aliphatic heterocycles. The molecule has 1 aromatic rings. The second kappa shape index (κ2) is 4.56. The fourth-order valence-electron chi connectivity index (χ4n) is 1.22. The molecule has 0 unspecified atom stereocenters. The summed E-state index contributed by atoms with van der Waals surface area (Å²) in [6.07, 6.45) is 10.3. The SMILES string of the molecule is C#CCCCn1ccn(CC)c1=O. The van der Waals surface area contributed by atoms with Gasteiger partial charge in [-0.1, -0.05) is 0 Å². The molecule has 0 aromatic carbocycles. The van der Waals surface area contributed by atoms with Gasteiger partial charge in [0, 0.05) is 31.9 Å². The topological polar surface area (TPSA) is 26.9 Å². The van der Waals surface area contributed by atoms with E-state index in [0.717, 1.165) is 25.9 Å². The molecule has 3 nitrogen and oxygen atoms in total. The van der Waals surface area contributed by atoms with Crippen molar-refractivity contribution in [1.82, 2.24) is 9.13 Å². The van der Waals surface area contributed by atoms with E-state index in [-0.39, 0.29) is 5.69 Å². The van der Waals surface area contributed by atoms with E-state index in [1.807, 2.05) is 13.1 Å². The lowest BCUT2D eigenvalue weighted by molar-refractivity contribution is 0.604. The van der Waals surface area contributed by atoms with Crippen molar-refractivity contribution in [3.63, 3.8) is 0 Å². The second-order valence-corrected chi connectivity index (χ2v) is 2.87. The molecule has 1 heterocycles. The standard InChI is InChI=1S/C10H14N2O/c1-3-5-6-7-12-9-8-11(4-2)10(12)13/h1,8-9H,4-7H2,2H3. The van der Waals surface area contributed by atoms with E-state index in [1.165, 1.54) is 0 Å². The number of nitrogens with zero attached hydrogens (tertiary/aromatic N) is 2. The van der Waals surface area contributed by atoms with Crippen LogP contribution in [0.3, 0.4) is 0 Å². The van der Waals surface area contributed by atoms with Crippen LogP contribution in [0.5, 0.6) is 0 Å². The number of aromatic nitrogens is 2. The Balaban J connectivity index is 2.63. The molecule has 0 saturated heterocycles. The Labute approximate surface area is 78.0 Å². The molecule has 0 radical (unpaired) electrons. The molecule has 1 rings (SSSR count). The number of terminal acetylenes is 1. The van der Waals surface area contributed by atoms with Crippen LogP contribution < -0.4 is 5.69 Å². The third-order valence-corrected chi connectivity index (χ3v) is 1.98. The van der Waals surface area contributed by atoms with Crippen molar-refractivity contribution in [2.24, 2.45) is 0 Å². The number of rotatable bonds is 4. The molecule has 0 aliphatic carbocycles. The maximum absolute atomic E-state index is 11.5. The molecule has 3 heteroatoms. The van der Waals surface area contributed by atoms with Gasteiger partial charge >= 0.3 is 5.69 Å². The Morgan fingerprint density at radius 3 is 2.69 bits per heavy atom. The third kappa shape index (κ3) is 2.25. The minimum absolute atomic E-state index is 0.0551. The van der Waals surface area contributed by atoms with Crippen LogP contribution >= 0.6 is 0 Å². The van der Waals surface area contributed by atoms with E-state index in [0.29, 0.717) is 0 Å². The minimum Gasteiger partial charge on any atom is -0.300 e. The van der Waals surface area contributed by atoms with Crippen molar-refractivity contribution in [1.29, 1.82) is 0 Å². The largest absolute Gasteiger partial charge is 0.328 e. The molecular formula is C10H14N2O. The molecule has 0 atom stereocenters. The van der Waals surface area contributed by atoms with Crippen LogP contribution in [0.4, 0.5) is 0 Å². The number of aryl methyl sites for hydroxylation is 2. The van der Waals surface area contributed by atoms with Crippen LogP contribution in [-0.4, -0.2) is 9.13 Å². The monoisotopic (exact) mass is 178 g/mol. The van der Waals surface area contributed by atoms with Gasteiger partial charge < -0.3 is 0 Å². The van der Waals surface area contributed by atoms with Gasteiger partial charge in [0.1, 0.15) is 0 Å². The summed E-state index contributed by atoms with van der Waals surface area (Å²) in [7, 11) is 0. The molecule has 13 heavy (non-hydrogen) atoms. The third-order valence-electron chi connectivity index (χ3n) is 1.98. The first-order chi connectivity index (χ1) is 6.29. The fourth-order valence-corrected chi connectivity index (χ4v) is 1.22. The van der Waals surface area contributed by atoms with Gasteiger partial charge in [-0.05, 0) is 13.3 Å². The second-order valence-electron chi connectivity index (χ2n) is 2.87. The smallest absolute Gasteiger partial charge is 0.300 e. The zero-order chi connectivity index (χ0) is 9.68. The lowest BCUT2D eigenvalue weighted by Crippen LogP contribution is -2.23. The minimum atomic E-state index is 0.0551. The molecule has 0 bridgehead atoms. The van der Waals surface area contributed by atoms with Gasteiger partial charge in [0.2, 0.25) is 0 Å². The Bertz CT molecular complexity index is 354. The average Bonchev–Trinajstić information content (AvgIpc) is 2.48. The average molecular weight is 178 g/mol. The van der Waals surface area contributed by atoms with Crippen molar-refractivity contribution < 1.29 is 0 Å². The van der Waals surface area contributed by atoms with Crippen LogP contribution in [-0.2, 0) is 13.1 Å². The molecule has 70 valence electrons. The lowest BCUT2D eigenvalue weighted by atomic mass is 10.3. The van der Waals surface area contributed by atoms with Crippen LogP contribution in [0.25, 0.3) is 0 Å². The Hall–Kier alpha value is -1.43. The molecule has 1 aromatic heterocycles. The van der Waals surface area contributed by atoms with Crippen LogP contribution in [0.15, 0.2) is 17.2 Å². The van der Waals surface area contributed by atoms with E-state index in [4.69, 9.17) is 6.42 Å². The first-order valence-corrected chi connectivity index (χ1v) is 4.48. The first kappa shape index (κ1) is 9.66. The van der Waals surface area contributed by atoms with Crippen LogP contribution in [0, 0.1) is 12.3 Å². The highest BCUT2D eigenvalue weighted by molar-refractivity contribution is 4.85. The summed E-state index contributed by atoms with van der Waals surface area (Å²) in [5.41, 5.74) is 0.0551. The van der Waals surface area contributed by atoms with E-state index in [2.05, 4.69) is 5.92 Å². The summed E-state index contributed by atoms with van der Waals surface area (Å²) in [4.78, 5) is 11.5.